The monoisotopic (exact) mass is 1400 g/mol. The average Bonchev–Trinajstić information content (AvgIpc) is 2.07. The maximum atomic E-state index is 13.1. The molecule has 0 radical (unpaired) electrons. The number of aliphatic hydroxyl groups excluding tert-OH is 1. The zero-order valence-electron chi connectivity index (χ0n) is 61.6. The molecule has 0 heterocycles. The van der Waals surface area contributed by atoms with Crippen LogP contribution in [0.25, 0.3) is 0 Å². The first kappa shape index (κ1) is 93.1. The van der Waals surface area contributed by atoms with E-state index < -0.39 is 97.5 Å². The third-order valence-corrected chi connectivity index (χ3v) is 19.8. The largest absolute Gasteiger partial charge is 0.472 e. The predicted molar refractivity (Wildman–Crippen MR) is 386 cm³/mol. The van der Waals surface area contributed by atoms with Gasteiger partial charge >= 0.3 is 39.5 Å². The van der Waals surface area contributed by atoms with Crippen LogP contribution in [0, 0.1) is 0 Å². The minimum Gasteiger partial charge on any atom is -0.462 e. The Labute approximate surface area is 581 Å². The molecule has 0 bridgehead atoms. The van der Waals surface area contributed by atoms with Gasteiger partial charge in [0.15, 0.2) is 12.2 Å². The van der Waals surface area contributed by atoms with E-state index >= 15 is 0 Å². The summed E-state index contributed by atoms with van der Waals surface area (Å²) in [5, 5.41) is 10.6. The highest BCUT2D eigenvalue weighted by atomic mass is 31.2. The molecule has 19 heteroatoms. The number of hydrogen-bond acceptors (Lipinski definition) is 15. The van der Waals surface area contributed by atoms with Crippen molar-refractivity contribution in [2.24, 2.45) is 0 Å². The van der Waals surface area contributed by atoms with Crippen molar-refractivity contribution in [1.82, 2.24) is 0 Å². The number of unbranched alkanes of at least 4 members (excludes halogenated alkanes) is 51. The summed E-state index contributed by atoms with van der Waals surface area (Å²) in [4.78, 5) is 72.6. The molecule has 564 valence electrons. The lowest BCUT2D eigenvalue weighted by Crippen LogP contribution is -2.30. The lowest BCUT2D eigenvalue weighted by molar-refractivity contribution is -0.161. The van der Waals surface area contributed by atoms with E-state index in [4.69, 9.17) is 37.0 Å². The van der Waals surface area contributed by atoms with Crippen LogP contribution in [-0.4, -0.2) is 96.7 Å². The summed E-state index contributed by atoms with van der Waals surface area (Å²) in [6, 6.07) is 0. The summed E-state index contributed by atoms with van der Waals surface area (Å²) in [6.07, 6.45) is 61.2. The quantitative estimate of drug-likeness (QED) is 0.0222. The first-order chi connectivity index (χ1) is 46.2. The zero-order chi connectivity index (χ0) is 69.7. The Balaban J connectivity index is 5.17. The molecule has 2 unspecified atom stereocenters. The minimum atomic E-state index is -4.96. The zero-order valence-corrected chi connectivity index (χ0v) is 63.4. The molecule has 95 heavy (non-hydrogen) atoms. The van der Waals surface area contributed by atoms with Crippen LogP contribution in [-0.2, 0) is 65.4 Å². The van der Waals surface area contributed by atoms with E-state index in [1.165, 1.54) is 231 Å². The number of aliphatic hydroxyl groups is 1. The Bertz CT molecular complexity index is 1810. The molecular weight excluding hydrogens is 1250 g/mol. The Kier molecular flexibility index (Phi) is 69.1. The van der Waals surface area contributed by atoms with Crippen molar-refractivity contribution >= 4 is 39.5 Å². The molecule has 0 aromatic rings. The molecule has 0 amide bonds. The summed E-state index contributed by atoms with van der Waals surface area (Å²) in [7, 11) is -9.90. The number of ether oxygens (including phenoxy) is 4. The Hall–Kier alpha value is -1.94. The molecule has 0 aliphatic heterocycles. The van der Waals surface area contributed by atoms with Gasteiger partial charge in [0.2, 0.25) is 0 Å². The highest BCUT2D eigenvalue weighted by Crippen LogP contribution is 2.45. The fraction of sp³-hybridized carbons (Fsp3) is 0.947. The molecule has 17 nitrogen and oxygen atoms in total. The van der Waals surface area contributed by atoms with Crippen LogP contribution in [0.4, 0.5) is 0 Å². The van der Waals surface area contributed by atoms with Gasteiger partial charge in [0.05, 0.1) is 26.4 Å². The minimum absolute atomic E-state index is 0.107. The number of rotatable bonds is 77. The molecular formula is C76H148O17P2. The van der Waals surface area contributed by atoms with Crippen LogP contribution < -0.4 is 0 Å². The van der Waals surface area contributed by atoms with Gasteiger partial charge in [-0.3, -0.25) is 37.3 Å². The molecule has 3 N–H and O–H groups in total. The highest BCUT2D eigenvalue weighted by Gasteiger charge is 2.30. The van der Waals surface area contributed by atoms with Crippen molar-refractivity contribution in [1.29, 1.82) is 0 Å². The first-order valence-electron chi connectivity index (χ1n) is 39.8. The predicted octanol–water partition coefficient (Wildman–Crippen LogP) is 22.6. The van der Waals surface area contributed by atoms with Crippen LogP contribution in [0.3, 0.4) is 0 Å². The van der Waals surface area contributed by atoms with E-state index in [9.17, 15) is 43.2 Å². The molecule has 0 aromatic carbocycles. The molecule has 0 saturated heterocycles. The van der Waals surface area contributed by atoms with Gasteiger partial charge in [-0.2, -0.15) is 0 Å². The van der Waals surface area contributed by atoms with Crippen LogP contribution in [0.1, 0.15) is 407 Å². The number of carbonyl (C=O) groups is 4. The maximum Gasteiger partial charge on any atom is 0.472 e. The second-order valence-corrected chi connectivity index (χ2v) is 30.3. The number of esters is 4. The van der Waals surface area contributed by atoms with E-state index in [-0.39, 0.29) is 25.7 Å². The van der Waals surface area contributed by atoms with Crippen molar-refractivity contribution in [2.75, 3.05) is 39.6 Å². The van der Waals surface area contributed by atoms with Gasteiger partial charge in [-0.05, 0) is 25.7 Å². The van der Waals surface area contributed by atoms with E-state index in [0.717, 1.165) is 96.3 Å². The van der Waals surface area contributed by atoms with Gasteiger partial charge in [-0.15, -0.1) is 0 Å². The fourth-order valence-electron chi connectivity index (χ4n) is 11.8. The number of phosphoric acid groups is 2. The number of carbonyl (C=O) groups excluding carboxylic acids is 4. The number of hydrogen-bond donors (Lipinski definition) is 3. The summed E-state index contributed by atoms with van der Waals surface area (Å²) in [5.74, 6) is -2.12. The third kappa shape index (κ3) is 70.3. The normalized spacial score (nSPS) is 13.9. The third-order valence-electron chi connectivity index (χ3n) is 17.9. The summed E-state index contributed by atoms with van der Waals surface area (Å²) >= 11 is 0. The molecule has 0 fully saturated rings. The average molecular weight is 1400 g/mol. The maximum absolute atomic E-state index is 13.1. The number of phosphoric ester groups is 2. The molecule has 0 rings (SSSR count). The molecule has 0 aliphatic carbocycles. The van der Waals surface area contributed by atoms with Crippen LogP contribution in [0.5, 0.6) is 0 Å². The van der Waals surface area contributed by atoms with Crippen molar-refractivity contribution in [3.05, 3.63) is 0 Å². The van der Waals surface area contributed by atoms with Crippen molar-refractivity contribution in [3.63, 3.8) is 0 Å². The molecule has 0 aliphatic rings. The van der Waals surface area contributed by atoms with Gasteiger partial charge in [0.25, 0.3) is 0 Å². The highest BCUT2D eigenvalue weighted by molar-refractivity contribution is 7.47. The van der Waals surface area contributed by atoms with Gasteiger partial charge in [-0.25, -0.2) is 9.13 Å². The summed E-state index contributed by atoms with van der Waals surface area (Å²) < 4.78 is 68.4. The Morgan fingerprint density at radius 2 is 0.421 bits per heavy atom. The van der Waals surface area contributed by atoms with Crippen molar-refractivity contribution < 1.29 is 80.2 Å². The Morgan fingerprint density at radius 1 is 0.253 bits per heavy atom. The van der Waals surface area contributed by atoms with E-state index in [1.54, 1.807) is 0 Å². The second kappa shape index (κ2) is 70.5. The summed E-state index contributed by atoms with van der Waals surface area (Å²) in [6.45, 7) is 4.95. The van der Waals surface area contributed by atoms with Gasteiger partial charge in [0.1, 0.15) is 19.3 Å². The van der Waals surface area contributed by atoms with Gasteiger partial charge in [-0.1, -0.05) is 355 Å². The first-order valence-corrected chi connectivity index (χ1v) is 42.8. The van der Waals surface area contributed by atoms with E-state index in [2.05, 4.69) is 27.7 Å². The standard InChI is InChI=1S/C76H148O17P2/c1-5-9-13-17-21-25-28-30-32-34-35-36-38-40-42-44-47-51-55-59-63-76(81)93-72(67-87-74(79)61-57-53-49-46-43-41-39-37-33-31-29-26-22-18-14-10-6-2)69-91-95(84,85)89-65-70(77)64-88-94(82,83)90-68-71(66-86-73(78)60-56-52-48-24-20-16-12-8-4)92-75(80)62-58-54-50-45-27-23-19-15-11-7-3/h70-72,77H,5-69H2,1-4H3,(H,82,83)(H,84,85)/t70-,71+,72+/m0/s1. The smallest absolute Gasteiger partial charge is 0.462 e. The summed E-state index contributed by atoms with van der Waals surface area (Å²) in [5.41, 5.74) is 0. The second-order valence-electron chi connectivity index (χ2n) is 27.4. The molecule has 0 aromatic heterocycles. The molecule has 0 saturated carbocycles. The topological polar surface area (TPSA) is 237 Å². The Morgan fingerprint density at radius 3 is 0.621 bits per heavy atom. The van der Waals surface area contributed by atoms with Crippen LogP contribution >= 0.6 is 15.6 Å². The van der Waals surface area contributed by atoms with E-state index in [1.807, 2.05) is 0 Å². The fourth-order valence-corrected chi connectivity index (χ4v) is 13.3. The SMILES string of the molecule is CCCCCCCCCCCCCCCCCCCCCCC(=O)O[C@H](COC(=O)CCCCCCCCCCCCCCCCCCC)COP(=O)(O)OC[C@@H](O)COP(=O)(O)OC[C@@H](COC(=O)CCCCCCCCCC)OC(=O)CCCCCCCCCCCC. The van der Waals surface area contributed by atoms with Crippen molar-refractivity contribution in [3.8, 4) is 0 Å². The molecule has 5 atom stereocenters. The van der Waals surface area contributed by atoms with Crippen molar-refractivity contribution in [2.45, 2.75) is 425 Å². The van der Waals surface area contributed by atoms with Gasteiger partial charge in [0, 0.05) is 25.7 Å². The lowest BCUT2D eigenvalue weighted by Gasteiger charge is -2.21. The van der Waals surface area contributed by atoms with Crippen LogP contribution in [0.2, 0.25) is 0 Å². The van der Waals surface area contributed by atoms with E-state index in [0.29, 0.717) is 25.7 Å². The van der Waals surface area contributed by atoms with Crippen LogP contribution in [0.15, 0.2) is 0 Å². The lowest BCUT2D eigenvalue weighted by atomic mass is 10.0. The molecule has 0 spiro atoms. The van der Waals surface area contributed by atoms with Gasteiger partial charge < -0.3 is 33.8 Å².